The van der Waals surface area contributed by atoms with Crippen LogP contribution in [0, 0.1) is 20.8 Å². The van der Waals surface area contributed by atoms with Gasteiger partial charge in [-0.3, -0.25) is 0 Å². The van der Waals surface area contributed by atoms with Crippen LogP contribution >= 0.6 is 12.2 Å². The Bertz CT molecular complexity index is 301. The molecule has 0 saturated heterocycles. The van der Waals surface area contributed by atoms with Crippen LogP contribution in [0.1, 0.15) is 17.0 Å². The van der Waals surface area contributed by atoms with Gasteiger partial charge in [0.1, 0.15) is 0 Å². The topological polar surface area (TPSA) is 43.8 Å². The molecule has 0 spiro atoms. The molecule has 11 heavy (non-hydrogen) atoms. The Morgan fingerprint density at radius 1 is 1.45 bits per heavy atom. The predicted molar refractivity (Wildman–Crippen MR) is 48.6 cm³/mol. The summed E-state index contributed by atoms with van der Waals surface area (Å²) in [6, 6.07) is 0. The molecule has 1 aromatic rings. The Balaban J connectivity index is 3.29. The minimum absolute atomic E-state index is 0.304. The molecule has 0 amide bonds. The Kier molecular flexibility index (Phi) is 1.95. The molecule has 0 bridgehead atoms. The molecule has 0 fully saturated rings. The second-order valence-corrected chi connectivity index (χ2v) is 2.96. The molecule has 1 aromatic heterocycles. The summed E-state index contributed by atoms with van der Waals surface area (Å²) in [5, 5.41) is 4.46. The van der Waals surface area contributed by atoms with Crippen LogP contribution in [0.25, 0.3) is 0 Å². The van der Waals surface area contributed by atoms with Crippen molar-refractivity contribution in [3.63, 3.8) is 0 Å². The van der Waals surface area contributed by atoms with Crippen LogP contribution in [0.2, 0.25) is 0 Å². The molecular formula is C7H11N3S. The first kappa shape index (κ1) is 8.20. The summed E-state index contributed by atoms with van der Waals surface area (Å²) < 4.78 is 1.58. The first-order valence-electron chi connectivity index (χ1n) is 3.36. The average molecular weight is 169 g/mol. The van der Waals surface area contributed by atoms with Crippen LogP contribution < -0.4 is 5.73 Å². The lowest BCUT2D eigenvalue weighted by molar-refractivity contribution is 0.886. The molecule has 60 valence electrons. The number of nitrogens with zero attached hydrogens (tertiary/aromatic N) is 2. The summed E-state index contributed by atoms with van der Waals surface area (Å²) in [4.78, 5) is 0. The van der Waals surface area contributed by atoms with Crippen molar-refractivity contribution in [2.75, 3.05) is 0 Å². The van der Waals surface area contributed by atoms with E-state index in [1.54, 1.807) is 4.68 Å². The average Bonchev–Trinajstić information content (AvgIpc) is 2.17. The first-order chi connectivity index (χ1) is 5.04. The monoisotopic (exact) mass is 169 g/mol. The van der Waals surface area contributed by atoms with Gasteiger partial charge in [-0.2, -0.15) is 5.10 Å². The zero-order valence-electron chi connectivity index (χ0n) is 6.88. The minimum atomic E-state index is 0.304. The number of rotatable bonds is 0. The second kappa shape index (κ2) is 2.62. The normalized spacial score (nSPS) is 10.1. The molecule has 0 radical (unpaired) electrons. The summed E-state index contributed by atoms with van der Waals surface area (Å²) in [5.41, 5.74) is 8.58. The highest BCUT2D eigenvalue weighted by atomic mass is 32.1. The largest absolute Gasteiger partial charge is 0.374 e. The van der Waals surface area contributed by atoms with Gasteiger partial charge in [0.15, 0.2) is 5.11 Å². The Labute approximate surface area is 71.2 Å². The van der Waals surface area contributed by atoms with Gasteiger partial charge in [0.2, 0.25) is 0 Å². The highest BCUT2D eigenvalue weighted by molar-refractivity contribution is 7.80. The lowest BCUT2D eigenvalue weighted by atomic mass is 10.2. The van der Waals surface area contributed by atoms with Crippen molar-refractivity contribution in [1.29, 1.82) is 0 Å². The van der Waals surface area contributed by atoms with Gasteiger partial charge < -0.3 is 5.73 Å². The van der Waals surface area contributed by atoms with Gasteiger partial charge in [-0.15, -0.1) is 0 Å². The highest BCUT2D eigenvalue weighted by Gasteiger charge is 2.07. The summed E-state index contributed by atoms with van der Waals surface area (Å²) >= 11 is 4.80. The fraction of sp³-hybridized carbons (Fsp3) is 0.429. The zero-order chi connectivity index (χ0) is 8.59. The molecule has 4 heteroatoms. The third kappa shape index (κ3) is 1.26. The third-order valence-corrected chi connectivity index (χ3v) is 2.03. The number of hydrogen-bond acceptors (Lipinski definition) is 2. The van der Waals surface area contributed by atoms with E-state index in [1.807, 2.05) is 20.8 Å². The van der Waals surface area contributed by atoms with Crippen molar-refractivity contribution in [3.8, 4) is 0 Å². The van der Waals surface area contributed by atoms with Crippen LogP contribution in [0.5, 0.6) is 0 Å². The smallest absolute Gasteiger partial charge is 0.191 e. The lowest BCUT2D eigenvalue weighted by Gasteiger charge is -1.98. The zero-order valence-corrected chi connectivity index (χ0v) is 7.70. The molecule has 0 saturated carbocycles. The summed E-state index contributed by atoms with van der Waals surface area (Å²) in [6.45, 7) is 5.90. The maximum Gasteiger partial charge on any atom is 0.191 e. The molecule has 0 aliphatic carbocycles. The molecule has 3 nitrogen and oxygen atoms in total. The summed E-state index contributed by atoms with van der Waals surface area (Å²) in [6.07, 6.45) is 0. The van der Waals surface area contributed by atoms with E-state index in [1.165, 1.54) is 0 Å². The standard InChI is InChI=1S/C7H11N3S/c1-4-5(2)9-10(6(4)3)7(8)11/h1-3H3,(H2,8,11). The van der Waals surface area contributed by atoms with Gasteiger partial charge in [0.05, 0.1) is 5.69 Å². The highest BCUT2D eigenvalue weighted by Crippen LogP contribution is 2.09. The molecular weight excluding hydrogens is 158 g/mol. The summed E-state index contributed by atoms with van der Waals surface area (Å²) in [7, 11) is 0. The van der Waals surface area contributed by atoms with E-state index in [4.69, 9.17) is 18.0 Å². The fourth-order valence-electron chi connectivity index (χ4n) is 0.935. The second-order valence-electron chi connectivity index (χ2n) is 2.55. The predicted octanol–water partition coefficient (Wildman–Crippen LogP) is 0.900. The van der Waals surface area contributed by atoms with Crippen LogP contribution in [0.4, 0.5) is 0 Å². The Hall–Kier alpha value is -0.900. The van der Waals surface area contributed by atoms with Crippen molar-refractivity contribution in [2.45, 2.75) is 20.8 Å². The molecule has 1 rings (SSSR count). The van der Waals surface area contributed by atoms with Crippen LogP contribution in [0.3, 0.4) is 0 Å². The van der Waals surface area contributed by atoms with Crippen LogP contribution in [0.15, 0.2) is 0 Å². The fourth-order valence-corrected chi connectivity index (χ4v) is 1.11. The van der Waals surface area contributed by atoms with Crippen molar-refractivity contribution < 1.29 is 0 Å². The first-order valence-corrected chi connectivity index (χ1v) is 3.77. The number of thiocarbonyl (C=S) groups is 1. The van der Waals surface area contributed by atoms with E-state index in [2.05, 4.69) is 5.10 Å². The number of aryl methyl sites for hydroxylation is 1. The molecule has 1 heterocycles. The van der Waals surface area contributed by atoms with E-state index in [0.29, 0.717) is 5.11 Å². The molecule has 0 aliphatic heterocycles. The van der Waals surface area contributed by atoms with E-state index in [9.17, 15) is 0 Å². The lowest BCUT2D eigenvalue weighted by Crippen LogP contribution is -2.21. The van der Waals surface area contributed by atoms with Crippen molar-refractivity contribution in [1.82, 2.24) is 9.78 Å². The number of aromatic nitrogens is 2. The van der Waals surface area contributed by atoms with Crippen molar-refractivity contribution in [2.24, 2.45) is 5.73 Å². The van der Waals surface area contributed by atoms with E-state index in [-0.39, 0.29) is 0 Å². The van der Waals surface area contributed by atoms with Crippen molar-refractivity contribution in [3.05, 3.63) is 17.0 Å². The Morgan fingerprint density at radius 2 is 2.00 bits per heavy atom. The van der Waals surface area contributed by atoms with Gasteiger partial charge in [-0.25, -0.2) is 4.68 Å². The Morgan fingerprint density at radius 3 is 2.18 bits per heavy atom. The summed E-state index contributed by atoms with van der Waals surface area (Å²) in [5.74, 6) is 0. The van der Waals surface area contributed by atoms with Gasteiger partial charge in [0.25, 0.3) is 0 Å². The van der Waals surface area contributed by atoms with Gasteiger partial charge in [-0.05, 0) is 38.6 Å². The maximum atomic E-state index is 5.43. The van der Waals surface area contributed by atoms with Gasteiger partial charge in [0, 0.05) is 5.69 Å². The van der Waals surface area contributed by atoms with E-state index in [0.717, 1.165) is 17.0 Å². The van der Waals surface area contributed by atoms with Gasteiger partial charge >= 0.3 is 0 Å². The molecule has 0 atom stereocenters. The molecule has 0 unspecified atom stereocenters. The SMILES string of the molecule is Cc1nn(C(N)=S)c(C)c1C. The van der Waals surface area contributed by atoms with Crippen LogP contribution in [-0.4, -0.2) is 14.9 Å². The van der Waals surface area contributed by atoms with Crippen molar-refractivity contribution >= 4 is 17.3 Å². The third-order valence-electron chi connectivity index (χ3n) is 1.86. The minimum Gasteiger partial charge on any atom is -0.374 e. The molecule has 0 aliphatic rings. The number of nitrogens with two attached hydrogens (primary N) is 1. The van der Waals surface area contributed by atoms with E-state index < -0.39 is 0 Å². The molecule has 2 N–H and O–H groups in total. The van der Waals surface area contributed by atoms with Gasteiger partial charge in [-0.1, -0.05) is 0 Å². The molecule has 0 aromatic carbocycles. The number of hydrogen-bond donors (Lipinski definition) is 1. The maximum absolute atomic E-state index is 5.43. The van der Waals surface area contributed by atoms with E-state index >= 15 is 0 Å². The van der Waals surface area contributed by atoms with Crippen LogP contribution in [-0.2, 0) is 0 Å². The quantitative estimate of drug-likeness (QED) is 0.587.